The van der Waals surface area contributed by atoms with Crippen molar-refractivity contribution in [3.8, 4) is 6.07 Å². The van der Waals surface area contributed by atoms with Gasteiger partial charge < -0.3 is 14.6 Å². The number of carbonyl (C=O) groups is 1. The molecule has 0 aliphatic heterocycles. The first-order valence-electron chi connectivity index (χ1n) is 10.0. The molecule has 0 radical (unpaired) electrons. The fourth-order valence-electron chi connectivity index (χ4n) is 3.37. The number of fused-ring (bicyclic) bond motifs is 1. The molecule has 31 heavy (non-hydrogen) atoms. The largest absolute Gasteiger partial charge is 0.376 e. The Balaban J connectivity index is 2.18. The van der Waals surface area contributed by atoms with Crippen LogP contribution in [-0.4, -0.2) is 43.1 Å². The second kappa shape index (κ2) is 8.40. The van der Waals surface area contributed by atoms with Crippen LogP contribution in [0.2, 0.25) is 0 Å². The van der Waals surface area contributed by atoms with E-state index in [1.165, 1.54) is 6.20 Å². The van der Waals surface area contributed by atoms with Crippen LogP contribution in [0.5, 0.6) is 0 Å². The zero-order valence-electron chi connectivity index (χ0n) is 18.9. The molecule has 3 rings (SSSR count). The van der Waals surface area contributed by atoms with Crippen LogP contribution in [0.4, 0.5) is 0 Å². The molecular weight excluding hydrogens is 394 g/mol. The molecule has 0 fully saturated rings. The van der Waals surface area contributed by atoms with Crippen molar-refractivity contribution in [1.82, 2.24) is 29.8 Å². The number of amides is 1. The zero-order chi connectivity index (χ0) is 22.9. The zero-order valence-corrected chi connectivity index (χ0v) is 18.9. The minimum absolute atomic E-state index is 0.00561. The fraction of sp³-hybridized carbons (Fsp3) is 0.455. The number of rotatable bonds is 6. The van der Waals surface area contributed by atoms with Crippen molar-refractivity contribution in [3.05, 3.63) is 46.9 Å². The van der Waals surface area contributed by atoms with Gasteiger partial charge in [-0.15, -0.1) is 0 Å². The van der Waals surface area contributed by atoms with Crippen molar-refractivity contribution in [3.63, 3.8) is 0 Å². The molecule has 3 aromatic heterocycles. The number of nitriles is 1. The van der Waals surface area contributed by atoms with E-state index in [1.807, 2.05) is 39.2 Å². The van der Waals surface area contributed by atoms with Gasteiger partial charge in [-0.2, -0.15) is 5.26 Å². The van der Waals surface area contributed by atoms with Crippen LogP contribution in [0.3, 0.4) is 0 Å². The van der Waals surface area contributed by atoms with Crippen molar-refractivity contribution < 1.29 is 9.53 Å². The molecule has 0 saturated carbocycles. The van der Waals surface area contributed by atoms with E-state index in [0.29, 0.717) is 22.6 Å². The average Bonchev–Trinajstić information content (AvgIpc) is 3.12. The van der Waals surface area contributed by atoms with E-state index in [0.717, 1.165) is 11.3 Å². The van der Waals surface area contributed by atoms with Crippen LogP contribution in [0.25, 0.3) is 11.2 Å². The molecule has 9 heteroatoms. The number of carbonyl (C=O) groups excluding carboxylic acids is 1. The SMILES string of the molecule is COC(C)(C)[C@H](NC(=O)c1cnc(C)cn1)c1nc2c(C)c(C#N)cnc2n1C(C)C. The summed E-state index contributed by atoms with van der Waals surface area (Å²) in [6, 6.07) is 1.54. The first kappa shape index (κ1) is 22.3. The van der Waals surface area contributed by atoms with Crippen LogP contribution in [0, 0.1) is 25.2 Å². The molecule has 0 aromatic carbocycles. The maximum Gasteiger partial charge on any atom is 0.272 e. The molecule has 0 spiro atoms. The predicted molar refractivity (Wildman–Crippen MR) is 115 cm³/mol. The van der Waals surface area contributed by atoms with Crippen LogP contribution in [-0.2, 0) is 4.74 Å². The molecule has 0 unspecified atom stereocenters. The van der Waals surface area contributed by atoms with E-state index < -0.39 is 11.6 Å². The highest BCUT2D eigenvalue weighted by molar-refractivity contribution is 5.92. The monoisotopic (exact) mass is 421 g/mol. The number of hydrogen-bond donors (Lipinski definition) is 1. The molecule has 0 saturated heterocycles. The molecular formula is C22H27N7O2. The Labute approximate surface area is 181 Å². The Kier molecular flexibility index (Phi) is 6.04. The number of nitrogens with zero attached hydrogens (tertiary/aromatic N) is 6. The molecule has 0 aliphatic rings. The summed E-state index contributed by atoms with van der Waals surface area (Å²) in [7, 11) is 1.59. The van der Waals surface area contributed by atoms with Gasteiger partial charge in [0.15, 0.2) is 5.65 Å². The summed E-state index contributed by atoms with van der Waals surface area (Å²) in [5, 5.41) is 12.4. The molecule has 0 bridgehead atoms. The summed E-state index contributed by atoms with van der Waals surface area (Å²) in [5.74, 6) is 0.211. The van der Waals surface area contributed by atoms with Crippen LogP contribution < -0.4 is 5.32 Å². The maximum absolute atomic E-state index is 13.0. The summed E-state index contributed by atoms with van der Waals surface area (Å²) in [6.07, 6.45) is 4.54. The highest BCUT2D eigenvalue weighted by Gasteiger charge is 2.37. The molecule has 9 nitrogen and oxygen atoms in total. The summed E-state index contributed by atoms with van der Waals surface area (Å²) < 4.78 is 7.71. The quantitative estimate of drug-likeness (QED) is 0.649. The Morgan fingerprint density at radius 2 is 1.90 bits per heavy atom. The lowest BCUT2D eigenvalue weighted by atomic mass is 9.97. The number of ether oxygens (including phenoxy) is 1. The molecule has 3 aromatic rings. The van der Waals surface area contributed by atoms with Gasteiger partial charge in [0.2, 0.25) is 0 Å². The lowest BCUT2D eigenvalue weighted by molar-refractivity contribution is -0.0134. The molecule has 1 N–H and O–H groups in total. The highest BCUT2D eigenvalue weighted by atomic mass is 16.5. The molecule has 1 amide bonds. The summed E-state index contributed by atoms with van der Waals surface area (Å²) in [4.78, 5) is 30.7. The van der Waals surface area contributed by atoms with Crippen molar-refractivity contribution in [2.24, 2.45) is 0 Å². The summed E-state index contributed by atoms with van der Waals surface area (Å²) in [5.41, 5.74) is 2.63. The lowest BCUT2D eigenvalue weighted by Crippen LogP contribution is -2.45. The third-order valence-electron chi connectivity index (χ3n) is 5.39. The van der Waals surface area contributed by atoms with Crippen molar-refractivity contribution in [1.29, 1.82) is 5.26 Å². The van der Waals surface area contributed by atoms with E-state index >= 15 is 0 Å². The second-order valence-electron chi connectivity index (χ2n) is 8.27. The van der Waals surface area contributed by atoms with E-state index in [2.05, 4.69) is 26.3 Å². The van der Waals surface area contributed by atoms with E-state index in [4.69, 9.17) is 9.72 Å². The van der Waals surface area contributed by atoms with Gasteiger partial charge in [0.25, 0.3) is 5.91 Å². The Morgan fingerprint density at radius 3 is 2.45 bits per heavy atom. The average molecular weight is 422 g/mol. The molecule has 0 aliphatic carbocycles. The van der Waals surface area contributed by atoms with Crippen molar-refractivity contribution >= 4 is 17.1 Å². The number of aromatic nitrogens is 5. The molecule has 3 heterocycles. The third kappa shape index (κ3) is 4.11. The Hall–Kier alpha value is -3.38. The highest BCUT2D eigenvalue weighted by Crippen LogP contribution is 2.33. The van der Waals surface area contributed by atoms with Gasteiger partial charge in [0.05, 0.1) is 23.1 Å². The normalized spacial score (nSPS) is 12.7. The summed E-state index contributed by atoms with van der Waals surface area (Å²) >= 11 is 0. The Morgan fingerprint density at radius 1 is 1.19 bits per heavy atom. The van der Waals surface area contributed by atoms with Crippen LogP contribution in [0.15, 0.2) is 18.6 Å². The van der Waals surface area contributed by atoms with Gasteiger partial charge in [0.1, 0.15) is 29.1 Å². The van der Waals surface area contributed by atoms with Crippen LogP contribution in [0.1, 0.15) is 72.9 Å². The van der Waals surface area contributed by atoms with E-state index in [9.17, 15) is 10.1 Å². The summed E-state index contributed by atoms with van der Waals surface area (Å²) in [6.45, 7) is 11.4. The first-order valence-corrected chi connectivity index (χ1v) is 10.0. The minimum Gasteiger partial charge on any atom is -0.376 e. The lowest BCUT2D eigenvalue weighted by Gasteiger charge is -2.34. The molecule has 162 valence electrons. The second-order valence-corrected chi connectivity index (χ2v) is 8.27. The predicted octanol–water partition coefficient (Wildman–Crippen LogP) is 3.19. The van der Waals surface area contributed by atoms with Gasteiger partial charge in [-0.25, -0.2) is 15.0 Å². The standard InChI is InChI=1S/C22H27N7O2/c1-12(2)29-19-17(14(4)15(8-23)10-26-19)27-20(29)18(22(5,6)31-7)28-21(30)16-11-24-13(3)9-25-16/h9-12,18H,1-7H3,(H,28,30)/t18-/m1/s1. The van der Waals surface area contributed by atoms with Crippen LogP contribution >= 0.6 is 0 Å². The number of hydrogen-bond acceptors (Lipinski definition) is 7. The fourth-order valence-corrected chi connectivity index (χ4v) is 3.37. The number of methoxy groups -OCH3 is 1. The van der Waals surface area contributed by atoms with E-state index in [-0.39, 0.29) is 17.6 Å². The van der Waals surface area contributed by atoms with Gasteiger partial charge in [-0.05, 0) is 47.1 Å². The van der Waals surface area contributed by atoms with Gasteiger partial charge in [0, 0.05) is 25.5 Å². The molecule has 1 atom stereocenters. The van der Waals surface area contributed by atoms with Crippen molar-refractivity contribution in [2.45, 2.75) is 59.2 Å². The minimum atomic E-state index is -0.798. The Bertz CT molecular complexity index is 1160. The van der Waals surface area contributed by atoms with Gasteiger partial charge >= 0.3 is 0 Å². The van der Waals surface area contributed by atoms with E-state index in [1.54, 1.807) is 26.4 Å². The third-order valence-corrected chi connectivity index (χ3v) is 5.39. The van der Waals surface area contributed by atoms with Gasteiger partial charge in [-0.1, -0.05) is 0 Å². The number of pyridine rings is 1. The number of imidazole rings is 1. The van der Waals surface area contributed by atoms with Gasteiger partial charge in [-0.3, -0.25) is 9.78 Å². The smallest absolute Gasteiger partial charge is 0.272 e. The number of aryl methyl sites for hydroxylation is 2. The maximum atomic E-state index is 13.0. The topological polar surface area (TPSA) is 119 Å². The number of nitrogens with one attached hydrogen (secondary N) is 1. The van der Waals surface area contributed by atoms with Crippen molar-refractivity contribution in [2.75, 3.05) is 7.11 Å². The first-order chi connectivity index (χ1) is 14.6.